The van der Waals surface area contributed by atoms with Gasteiger partial charge in [-0.2, -0.15) is 0 Å². The van der Waals surface area contributed by atoms with Crippen LogP contribution in [0.3, 0.4) is 0 Å². The summed E-state index contributed by atoms with van der Waals surface area (Å²) in [6, 6.07) is 0. The van der Waals surface area contributed by atoms with Crippen molar-refractivity contribution in [3.8, 4) is 0 Å². The summed E-state index contributed by atoms with van der Waals surface area (Å²) in [7, 11) is 1.68. The van der Waals surface area contributed by atoms with Gasteiger partial charge in [-0.1, -0.05) is 39.0 Å². The van der Waals surface area contributed by atoms with Crippen molar-refractivity contribution in [1.82, 2.24) is 0 Å². The summed E-state index contributed by atoms with van der Waals surface area (Å²) in [4.78, 5) is 0. The molecule has 0 fully saturated rings. The first-order chi connectivity index (χ1) is 12.0. The summed E-state index contributed by atoms with van der Waals surface area (Å²) in [6.45, 7) is 14.0. The molecular formula is C21H37FO3. The van der Waals surface area contributed by atoms with Gasteiger partial charge in [0.2, 0.25) is 0 Å². The Bertz CT molecular complexity index is 396. The van der Waals surface area contributed by atoms with Crippen molar-refractivity contribution in [2.24, 2.45) is 5.92 Å². The molecule has 0 spiro atoms. The first-order valence-electron chi connectivity index (χ1n) is 9.42. The standard InChI is InChI=1S/C15H23FO.C6H14O2/c1-4-8-17-9-7-13(3)10-14-6-5-12(2)11-15(14)16;1-3-4-8-6-5-7-2/h6,11-12H,3-5,7-10H2,1-2H3;3-6H2,1-2H3. The van der Waals surface area contributed by atoms with E-state index in [4.69, 9.17) is 14.2 Å². The van der Waals surface area contributed by atoms with Gasteiger partial charge in [0.15, 0.2) is 0 Å². The molecule has 4 heteroatoms. The molecule has 1 aliphatic rings. The lowest BCUT2D eigenvalue weighted by atomic mass is 9.93. The lowest BCUT2D eigenvalue weighted by molar-refractivity contribution is 0.0710. The van der Waals surface area contributed by atoms with Crippen LogP contribution in [0, 0.1) is 5.92 Å². The second kappa shape index (κ2) is 16.5. The minimum atomic E-state index is -0.0700. The molecule has 1 atom stereocenters. The van der Waals surface area contributed by atoms with Crippen LogP contribution in [-0.4, -0.2) is 40.1 Å². The van der Waals surface area contributed by atoms with E-state index in [0.29, 0.717) is 25.6 Å². The van der Waals surface area contributed by atoms with Gasteiger partial charge in [0.25, 0.3) is 0 Å². The Labute approximate surface area is 153 Å². The fraction of sp³-hybridized carbons (Fsp3) is 0.714. The van der Waals surface area contributed by atoms with Gasteiger partial charge in [0, 0.05) is 20.3 Å². The lowest BCUT2D eigenvalue weighted by Gasteiger charge is -2.15. The zero-order valence-electron chi connectivity index (χ0n) is 16.6. The van der Waals surface area contributed by atoms with Crippen molar-refractivity contribution in [2.45, 2.75) is 52.9 Å². The Kier molecular flexibility index (Phi) is 15.9. The maximum atomic E-state index is 13.6. The molecular weight excluding hydrogens is 319 g/mol. The van der Waals surface area contributed by atoms with E-state index in [9.17, 15) is 4.39 Å². The summed E-state index contributed by atoms with van der Waals surface area (Å²) in [5.74, 6) is 0.249. The second-order valence-electron chi connectivity index (χ2n) is 6.35. The maximum Gasteiger partial charge on any atom is 0.122 e. The van der Waals surface area contributed by atoms with Gasteiger partial charge in [-0.15, -0.1) is 0 Å². The Morgan fingerprint density at radius 2 is 1.76 bits per heavy atom. The molecule has 0 aromatic rings. The van der Waals surface area contributed by atoms with Crippen LogP contribution in [0.15, 0.2) is 35.7 Å². The molecule has 0 heterocycles. The number of halogens is 1. The first kappa shape index (κ1) is 24.0. The Balaban J connectivity index is 0.000000609. The van der Waals surface area contributed by atoms with Crippen LogP contribution in [0.4, 0.5) is 4.39 Å². The SMILES string of the molecule is C=C(CCOCCC)CC1=CCC(C)C=C1F.CCCOCCOC. The predicted octanol–water partition coefficient (Wildman–Crippen LogP) is 5.63. The van der Waals surface area contributed by atoms with E-state index in [0.717, 1.165) is 56.7 Å². The summed E-state index contributed by atoms with van der Waals surface area (Å²) < 4.78 is 28.9. The molecule has 146 valence electrons. The molecule has 0 saturated carbocycles. The van der Waals surface area contributed by atoms with Gasteiger partial charge in [-0.25, -0.2) is 4.39 Å². The van der Waals surface area contributed by atoms with E-state index in [1.165, 1.54) is 0 Å². The average molecular weight is 357 g/mol. The Hall–Kier alpha value is -0.970. The van der Waals surface area contributed by atoms with Crippen molar-refractivity contribution < 1.29 is 18.6 Å². The highest BCUT2D eigenvalue weighted by Crippen LogP contribution is 2.28. The van der Waals surface area contributed by atoms with Crippen molar-refractivity contribution in [3.05, 3.63) is 35.7 Å². The van der Waals surface area contributed by atoms with E-state index in [1.807, 2.05) is 13.0 Å². The maximum absolute atomic E-state index is 13.6. The van der Waals surface area contributed by atoms with Crippen LogP contribution >= 0.6 is 0 Å². The molecule has 0 aromatic carbocycles. The molecule has 1 unspecified atom stereocenters. The highest BCUT2D eigenvalue weighted by Gasteiger charge is 2.13. The third-order valence-corrected chi connectivity index (χ3v) is 3.64. The lowest BCUT2D eigenvalue weighted by Crippen LogP contribution is -2.01. The van der Waals surface area contributed by atoms with Gasteiger partial charge < -0.3 is 14.2 Å². The minimum absolute atomic E-state index is 0.0700. The monoisotopic (exact) mass is 356 g/mol. The topological polar surface area (TPSA) is 27.7 Å². The largest absolute Gasteiger partial charge is 0.382 e. The fourth-order valence-corrected chi connectivity index (χ4v) is 2.22. The van der Waals surface area contributed by atoms with Gasteiger partial charge in [0.05, 0.1) is 19.8 Å². The summed E-state index contributed by atoms with van der Waals surface area (Å²) >= 11 is 0. The second-order valence-corrected chi connectivity index (χ2v) is 6.35. The number of hydrogen-bond donors (Lipinski definition) is 0. The van der Waals surface area contributed by atoms with Crippen LogP contribution in [0.1, 0.15) is 52.9 Å². The number of hydrogen-bond acceptors (Lipinski definition) is 3. The molecule has 3 nitrogen and oxygen atoms in total. The van der Waals surface area contributed by atoms with Crippen LogP contribution in [0.2, 0.25) is 0 Å². The van der Waals surface area contributed by atoms with E-state index in [-0.39, 0.29) is 5.83 Å². The van der Waals surface area contributed by atoms with Crippen LogP contribution < -0.4 is 0 Å². The molecule has 1 rings (SSSR count). The van der Waals surface area contributed by atoms with Crippen molar-refractivity contribution >= 4 is 0 Å². The Morgan fingerprint density at radius 1 is 1.12 bits per heavy atom. The zero-order chi connectivity index (χ0) is 18.9. The Morgan fingerprint density at radius 3 is 2.32 bits per heavy atom. The van der Waals surface area contributed by atoms with E-state index in [1.54, 1.807) is 13.2 Å². The van der Waals surface area contributed by atoms with Crippen molar-refractivity contribution in [3.63, 3.8) is 0 Å². The molecule has 0 aromatic heterocycles. The first-order valence-corrected chi connectivity index (χ1v) is 9.42. The van der Waals surface area contributed by atoms with Gasteiger partial charge >= 0.3 is 0 Å². The van der Waals surface area contributed by atoms with Gasteiger partial charge in [-0.05, 0) is 49.7 Å². The molecule has 0 amide bonds. The van der Waals surface area contributed by atoms with Gasteiger partial charge in [0.1, 0.15) is 5.83 Å². The molecule has 0 N–H and O–H groups in total. The van der Waals surface area contributed by atoms with Gasteiger partial charge in [-0.3, -0.25) is 0 Å². The molecule has 0 radical (unpaired) electrons. The van der Waals surface area contributed by atoms with Crippen molar-refractivity contribution in [1.29, 1.82) is 0 Å². The van der Waals surface area contributed by atoms with E-state index < -0.39 is 0 Å². The van der Waals surface area contributed by atoms with E-state index >= 15 is 0 Å². The summed E-state index contributed by atoms with van der Waals surface area (Å²) in [5.41, 5.74) is 1.84. The number of ether oxygens (including phenoxy) is 3. The third-order valence-electron chi connectivity index (χ3n) is 3.64. The van der Waals surface area contributed by atoms with Crippen LogP contribution in [-0.2, 0) is 14.2 Å². The molecule has 25 heavy (non-hydrogen) atoms. The van der Waals surface area contributed by atoms with E-state index in [2.05, 4.69) is 20.4 Å². The highest BCUT2D eigenvalue weighted by atomic mass is 19.1. The average Bonchev–Trinajstić information content (AvgIpc) is 2.59. The van der Waals surface area contributed by atoms with Crippen LogP contribution in [0.25, 0.3) is 0 Å². The molecule has 0 bridgehead atoms. The predicted molar refractivity (Wildman–Crippen MR) is 104 cm³/mol. The highest BCUT2D eigenvalue weighted by molar-refractivity contribution is 5.32. The molecule has 0 saturated heterocycles. The normalized spacial score (nSPS) is 16.6. The molecule has 1 aliphatic carbocycles. The number of methoxy groups -OCH3 is 1. The van der Waals surface area contributed by atoms with Crippen molar-refractivity contribution in [2.75, 3.05) is 40.1 Å². The minimum Gasteiger partial charge on any atom is -0.382 e. The third kappa shape index (κ3) is 13.9. The summed E-state index contributed by atoms with van der Waals surface area (Å²) in [5, 5.41) is 0. The number of rotatable bonds is 12. The summed E-state index contributed by atoms with van der Waals surface area (Å²) in [6.07, 6.45) is 8.22. The zero-order valence-corrected chi connectivity index (χ0v) is 16.6. The smallest absolute Gasteiger partial charge is 0.122 e. The number of allylic oxidation sites excluding steroid dienone is 4. The van der Waals surface area contributed by atoms with Crippen LogP contribution in [0.5, 0.6) is 0 Å². The quantitative estimate of drug-likeness (QED) is 0.335. The molecule has 0 aliphatic heterocycles. The fourth-order valence-electron chi connectivity index (χ4n) is 2.22.